The number of halogens is 2. The molecule has 0 saturated carbocycles. The van der Waals surface area contributed by atoms with E-state index in [1.165, 1.54) is 17.4 Å². The Hall–Kier alpha value is -1.37. The molecule has 1 heterocycles. The minimum atomic E-state index is -0.918. The van der Waals surface area contributed by atoms with Crippen LogP contribution in [0.3, 0.4) is 0 Å². The van der Waals surface area contributed by atoms with Gasteiger partial charge in [0.2, 0.25) is 0 Å². The molecule has 6 heteroatoms. The van der Waals surface area contributed by atoms with Crippen LogP contribution in [0.5, 0.6) is 0 Å². The first-order valence-corrected chi connectivity index (χ1v) is 5.78. The lowest BCUT2D eigenvalue weighted by atomic mass is 10.2. The van der Waals surface area contributed by atoms with E-state index in [9.17, 15) is 13.9 Å². The number of hydrogen-bond donors (Lipinski definition) is 2. The van der Waals surface area contributed by atoms with E-state index in [1.54, 1.807) is 5.38 Å². The molecule has 1 atom stereocenters. The summed E-state index contributed by atoms with van der Waals surface area (Å²) >= 11 is 1.25. The number of nitrogens with zero attached hydrogens (tertiary/aromatic N) is 1. The highest BCUT2D eigenvalue weighted by Gasteiger charge is 2.12. The second-order valence-corrected chi connectivity index (χ2v) is 4.32. The Labute approximate surface area is 101 Å². The van der Waals surface area contributed by atoms with Gasteiger partial charge in [0.05, 0.1) is 5.69 Å². The highest BCUT2D eigenvalue weighted by molar-refractivity contribution is 7.13. The summed E-state index contributed by atoms with van der Waals surface area (Å²) in [4.78, 5) is 4.12. The molecule has 1 aromatic carbocycles. The van der Waals surface area contributed by atoms with Crippen LogP contribution >= 0.6 is 11.3 Å². The molecule has 0 saturated heterocycles. The van der Waals surface area contributed by atoms with Crippen molar-refractivity contribution in [3.8, 4) is 10.6 Å². The average molecular weight is 256 g/mol. The minimum Gasteiger partial charge on any atom is -0.385 e. The summed E-state index contributed by atoms with van der Waals surface area (Å²) in [5.41, 5.74) is 6.22. The van der Waals surface area contributed by atoms with Crippen LogP contribution < -0.4 is 5.73 Å². The normalized spacial score (nSPS) is 12.7. The van der Waals surface area contributed by atoms with Crippen molar-refractivity contribution in [3.63, 3.8) is 0 Å². The third kappa shape index (κ3) is 2.49. The molecule has 0 fully saturated rings. The van der Waals surface area contributed by atoms with Crippen LogP contribution in [-0.4, -0.2) is 16.6 Å². The van der Waals surface area contributed by atoms with Gasteiger partial charge in [-0.05, 0) is 18.2 Å². The van der Waals surface area contributed by atoms with Crippen molar-refractivity contribution in [2.45, 2.75) is 6.10 Å². The number of aliphatic hydroxyl groups excluding tert-OH is 1. The first-order chi connectivity index (χ1) is 8.11. The van der Waals surface area contributed by atoms with E-state index < -0.39 is 17.7 Å². The smallest absolute Gasteiger partial charge is 0.159 e. The van der Waals surface area contributed by atoms with Gasteiger partial charge in [-0.3, -0.25) is 0 Å². The van der Waals surface area contributed by atoms with Crippen LogP contribution in [0.4, 0.5) is 8.78 Å². The van der Waals surface area contributed by atoms with Gasteiger partial charge in [0.25, 0.3) is 0 Å². The molecule has 1 unspecified atom stereocenters. The van der Waals surface area contributed by atoms with Gasteiger partial charge >= 0.3 is 0 Å². The SMILES string of the molecule is NCC(O)c1csc(-c2ccc(F)c(F)c2)n1. The maximum atomic E-state index is 13.0. The lowest BCUT2D eigenvalue weighted by Crippen LogP contribution is -2.11. The van der Waals surface area contributed by atoms with Crippen LogP contribution in [0, 0.1) is 11.6 Å². The minimum absolute atomic E-state index is 0.0704. The molecular weight excluding hydrogens is 246 g/mol. The molecule has 17 heavy (non-hydrogen) atoms. The molecule has 2 rings (SSSR count). The lowest BCUT2D eigenvalue weighted by Gasteiger charge is -2.02. The van der Waals surface area contributed by atoms with E-state index in [2.05, 4.69) is 4.98 Å². The van der Waals surface area contributed by atoms with Gasteiger partial charge in [0.1, 0.15) is 11.1 Å². The Kier molecular flexibility index (Phi) is 3.46. The number of rotatable bonds is 3. The van der Waals surface area contributed by atoms with E-state index >= 15 is 0 Å². The zero-order valence-corrected chi connectivity index (χ0v) is 9.55. The standard InChI is InChI=1S/C11H10F2N2OS/c12-7-2-1-6(3-8(7)13)11-15-9(5-17-11)10(16)4-14/h1-3,5,10,16H,4,14H2. The van der Waals surface area contributed by atoms with Crippen molar-refractivity contribution < 1.29 is 13.9 Å². The van der Waals surface area contributed by atoms with Crippen LogP contribution in [0.2, 0.25) is 0 Å². The van der Waals surface area contributed by atoms with Gasteiger partial charge in [-0.2, -0.15) is 0 Å². The van der Waals surface area contributed by atoms with Crippen LogP contribution in [0.15, 0.2) is 23.6 Å². The molecule has 0 amide bonds. The van der Waals surface area contributed by atoms with Gasteiger partial charge < -0.3 is 10.8 Å². The molecule has 0 aliphatic carbocycles. The largest absolute Gasteiger partial charge is 0.385 e. The Bertz CT molecular complexity index is 530. The fourth-order valence-corrected chi connectivity index (χ4v) is 2.19. The molecule has 3 N–H and O–H groups in total. The zero-order chi connectivity index (χ0) is 12.4. The Morgan fingerprint density at radius 3 is 2.76 bits per heavy atom. The molecule has 0 aliphatic rings. The number of thiazole rings is 1. The van der Waals surface area contributed by atoms with Gasteiger partial charge in [-0.25, -0.2) is 13.8 Å². The predicted octanol–water partition coefficient (Wildman–Crippen LogP) is 2.08. The topological polar surface area (TPSA) is 59.1 Å². The van der Waals surface area contributed by atoms with Crippen molar-refractivity contribution >= 4 is 11.3 Å². The molecule has 0 bridgehead atoms. The van der Waals surface area contributed by atoms with E-state index in [0.717, 1.165) is 12.1 Å². The molecule has 0 aliphatic heterocycles. The molecule has 90 valence electrons. The van der Waals surface area contributed by atoms with Crippen LogP contribution in [0.25, 0.3) is 10.6 Å². The maximum absolute atomic E-state index is 13.0. The number of aromatic nitrogens is 1. The van der Waals surface area contributed by atoms with Crippen molar-refractivity contribution in [2.75, 3.05) is 6.54 Å². The molecule has 0 radical (unpaired) electrons. The first-order valence-electron chi connectivity index (χ1n) is 4.91. The summed E-state index contributed by atoms with van der Waals surface area (Å²) in [5, 5.41) is 11.6. The van der Waals surface area contributed by atoms with Crippen LogP contribution in [-0.2, 0) is 0 Å². The Balaban J connectivity index is 2.33. The summed E-state index contributed by atoms with van der Waals surface area (Å²) < 4.78 is 25.8. The quantitative estimate of drug-likeness (QED) is 0.884. The molecular formula is C11H10F2N2OS. The fraction of sp³-hybridized carbons (Fsp3) is 0.182. The maximum Gasteiger partial charge on any atom is 0.159 e. The third-order valence-corrected chi connectivity index (χ3v) is 3.16. The highest BCUT2D eigenvalue weighted by Crippen LogP contribution is 2.27. The Morgan fingerprint density at radius 2 is 2.12 bits per heavy atom. The number of aliphatic hydroxyl groups is 1. The van der Waals surface area contributed by atoms with Gasteiger partial charge in [0.15, 0.2) is 11.6 Å². The summed E-state index contributed by atoms with van der Waals surface area (Å²) in [7, 11) is 0. The third-order valence-electron chi connectivity index (χ3n) is 2.25. The fourth-order valence-electron chi connectivity index (χ4n) is 1.32. The van der Waals surface area contributed by atoms with Crippen LogP contribution in [0.1, 0.15) is 11.8 Å². The van der Waals surface area contributed by atoms with E-state index in [4.69, 9.17) is 5.73 Å². The van der Waals surface area contributed by atoms with Crippen molar-refractivity contribution in [1.29, 1.82) is 0 Å². The van der Waals surface area contributed by atoms with Gasteiger partial charge in [-0.15, -0.1) is 11.3 Å². The van der Waals surface area contributed by atoms with Gasteiger partial charge in [-0.1, -0.05) is 0 Å². The van der Waals surface area contributed by atoms with Crippen molar-refractivity contribution in [2.24, 2.45) is 5.73 Å². The lowest BCUT2D eigenvalue weighted by molar-refractivity contribution is 0.182. The molecule has 0 spiro atoms. The van der Waals surface area contributed by atoms with E-state index in [-0.39, 0.29) is 6.54 Å². The molecule has 2 aromatic rings. The molecule has 1 aromatic heterocycles. The first kappa shape index (κ1) is 12.1. The average Bonchev–Trinajstić information content (AvgIpc) is 2.81. The number of nitrogens with two attached hydrogens (primary N) is 1. The zero-order valence-electron chi connectivity index (χ0n) is 8.73. The number of benzene rings is 1. The summed E-state index contributed by atoms with van der Waals surface area (Å²) in [6.45, 7) is 0.0704. The van der Waals surface area contributed by atoms with Crippen molar-refractivity contribution in [3.05, 3.63) is 40.9 Å². The van der Waals surface area contributed by atoms with Gasteiger partial charge in [0, 0.05) is 17.5 Å². The predicted molar refractivity (Wildman–Crippen MR) is 61.5 cm³/mol. The summed E-state index contributed by atoms with van der Waals surface area (Å²) in [6.07, 6.45) is -0.828. The van der Waals surface area contributed by atoms with E-state index in [1.807, 2.05) is 0 Å². The monoisotopic (exact) mass is 256 g/mol. The second-order valence-electron chi connectivity index (χ2n) is 3.46. The Morgan fingerprint density at radius 1 is 1.35 bits per heavy atom. The highest BCUT2D eigenvalue weighted by atomic mass is 32.1. The summed E-state index contributed by atoms with van der Waals surface area (Å²) in [5.74, 6) is -1.81. The second kappa shape index (κ2) is 4.87. The number of hydrogen-bond acceptors (Lipinski definition) is 4. The molecule has 3 nitrogen and oxygen atoms in total. The van der Waals surface area contributed by atoms with Crippen molar-refractivity contribution in [1.82, 2.24) is 4.98 Å². The van der Waals surface area contributed by atoms with E-state index in [0.29, 0.717) is 16.3 Å². The summed E-state index contributed by atoms with van der Waals surface area (Å²) in [6, 6.07) is 3.56.